The van der Waals surface area contributed by atoms with E-state index in [1.165, 1.54) is 32.3 Å². The van der Waals surface area contributed by atoms with Crippen LogP contribution in [-0.4, -0.2) is 12.3 Å². The third-order valence-electron chi connectivity index (χ3n) is 6.02. The fourth-order valence-corrected chi connectivity index (χ4v) is 4.54. The molecule has 0 aliphatic rings. The highest BCUT2D eigenvalue weighted by Crippen LogP contribution is 2.38. The number of unbranched alkanes of at least 4 members (excludes halogenated alkanes) is 4. The van der Waals surface area contributed by atoms with Crippen molar-refractivity contribution in [2.75, 3.05) is 0 Å². The number of aldehydes is 1. The van der Waals surface area contributed by atoms with E-state index >= 15 is 0 Å². The summed E-state index contributed by atoms with van der Waals surface area (Å²) in [7, 11) is 0. The zero-order valence-corrected chi connectivity index (χ0v) is 16.5. The molecule has 4 aromatic carbocycles. The third kappa shape index (κ3) is 3.95. The Morgan fingerprint density at radius 1 is 0.793 bits per heavy atom. The molecule has 0 aliphatic carbocycles. The summed E-state index contributed by atoms with van der Waals surface area (Å²) in [5.41, 5.74) is 1.11. The zero-order chi connectivity index (χ0) is 20.2. The minimum Gasteiger partial charge on any atom is -0.550 e. The van der Waals surface area contributed by atoms with Gasteiger partial charge in [0.25, 0.3) is 0 Å². The summed E-state index contributed by atoms with van der Waals surface area (Å²) in [6, 6.07) is 19.3. The van der Waals surface area contributed by atoms with Crippen LogP contribution in [0.5, 0.6) is 0 Å². The SMILES string of the molecule is O=CC(CCCCCCCC(=O)[O-])c1ccc2ccc3cccc4ccc1c2c34. The molecule has 3 heteroatoms. The van der Waals surface area contributed by atoms with Crippen LogP contribution in [-0.2, 0) is 9.59 Å². The number of hydrogen-bond acceptors (Lipinski definition) is 3. The van der Waals surface area contributed by atoms with E-state index in [0.717, 1.165) is 44.0 Å². The molecule has 0 heterocycles. The second-order valence-corrected chi connectivity index (χ2v) is 7.93. The van der Waals surface area contributed by atoms with Crippen LogP contribution < -0.4 is 5.11 Å². The Morgan fingerprint density at radius 2 is 1.41 bits per heavy atom. The lowest BCUT2D eigenvalue weighted by atomic mass is 9.86. The van der Waals surface area contributed by atoms with Gasteiger partial charge in [-0.3, -0.25) is 0 Å². The van der Waals surface area contributed by atoms with Crippen LogP contribution in [0.3, 0.4) is 0 Å². The highest BCUT2D eigenvalue weighted by molar-refractivity contribution is 6.23. The van der Waals surface area contributed by atoms with E-state index in [-0.39, 0.29) is 12.3 Å². The maximum atomic E-state index is 11.9. The fraction of sp³-hybridized carbons (Fsp3) is 0.308. The van der Waals surface area contributed by atoms with Crippen molar-refractivity contribution in [2.24, 2.45) is 0 Å². The van der Waals surface area contributed by atoms with E-state index in [1.54, 1.807) is 0 Å². The monoisotopic (exact) mass is 385 g/mol. The molecule has 1 unspecified atom stereocenters. The lowest BCUT2D eigenvalue weighted by molar-refractivity contribution is -0.305. The molecule has 4 aromatic rings. The molecule has 0 bridgehead atoms. The lowest BCUT2D eigenvalue weighted by Crippen LogP contribution is -2.21. The molecule has 0 aliphatic heterocycles. The Bertz CT molecular complexity index is 1130. The number of carbonyl (C=O) groups excluding carboxylic acids is 2. The molecule has 4 rings (SSSR count). The summed E-state index contributed by atoms with van der Waals surface area (Å²) in [4.78, 5) is 22.4. The van der Waals surface area contributed by atoms with Crippen LogP contribution in [0.15, 0.2) is 54.6 Å². The number of aliphatic carboxylic acids is 1. The van der Waals surface area contributed by atoms with E-state index in [4.69, 9.17) is 0 Å². The highest BCUT2D eigenvalue weighted by atomic mass is 16.4. The molecule has 0 saturated heterocycles. The molecule has 0 amide bonds. The largest absolute Gasteiger partial charge is 0.550 e. The van der Waals surface area contributed by atoms with Crippen molar-refractivity contribution in [3.05, 3.63) is 60.2 Å². The van der Waals surface area contributed by atoms with Crippen molar-refractivity contribution in [1.29, 1.82) is 0 Å². The van der Waals surface area contributed by atoms with Gasteiger partial charge >= 0.3 is 0 Å². The molecule has 148 valence electrons. The van der Waals surface area contributed by atoms with E-state index < -0.39 is 5.97 Å². The van der Waals surface area contributed by atoms with Gasteiger partial charge in [0.05, 0.1) is 0 Å². The first kappa shape index (κ1) is 19.4. The summed E-state index contributed by atoms with van der Waals surface area (Å²) >= 11 is 0. The van der Waals surface area contributed by atoms with Crippen molar-refractivity contribution < 1.29 is 14.7 Å². The van der Waals surface area contributed by atoms with Gasteiger partial charge in [-0.25, -0.2) is 0 Å². The Balaban J connectivity index is 1.54. The number of carbonyl (C=O) groups is 2. The first-order valence-electron chi connectivity index (χ1n) is 10.5. The number of carboxylic acids is 1. The molecule has 3 nitrogen and oxygen atoms in total. The summed E-state index contributed by atoms with van der Waals surface area (Å²) in [5.74, 6) is -1.08. The molecule has 0 radical (unpaired) electrons. The van der Waals surface area contributed by atoms with Crippen LogP contribution in [0.4, 0.5) is 0 Å². The molecule has 0 spiro atoms. The predicted molar refractivity (Wildman–Crippen MR) is 116 cm³/mol. The number of rotatable bonds is 10. The van der Waals surface area contributed by atoms with Crippen molar-refractivity contribution in [2.45, 2.75) is 50.9 Å². The quantitative estimate of drug-likeness (QED) is 0.210. The molecule has 0 N–H and O–H groups in total. The van der Waals surface area contributed by atoms with Crippen molar-refractivity contribution in [3.8, 4) is 0 Å². The average molecular weight is 385 g/mol. The highest BCUT2D eigenvalue weighted by Gasteiger charge is 2.16. The fourth-order valence-electron chi connectivity index (χ4n) is 4.54. The number of hydrogen-bond donors (Lipinski definition) is 0. The van der Waals surface area contributed by atoms with Crippen molar-refractivity contribution >= 4 is 44.6 Å². The van der Waals surface area contributed by atoms with Gasteiger partial charge in [0.1, 0.15) is 6.29 Å². The minimum absolute atomic E-state index is 0.109. The minimum atomic E-state index is -0.972. The van der Waals surface area contributed by atoms with Gasteiger partial charge in [-0.2, -0.15) is 0 Å². The van der Waals surface area contributed by atoms with Crippen LogP contribution in [0.2, 0.25) is 0 Å². The van der Waals surface area contributed by atoms with E-state index in [1.807, 2.05) is 0 Å². The molecule has 0 fully saturated rings. The van der Waals surface area contributed by atoms with Gasteiger partial charge in [0, 0.05) is 11.9 Å². The second kappa shape index (κ2) is 8.60. The molecule has 29 heavy (non-hydrogen) atoms. The van der Waals surface area contributed by atoms with Gasteiger partial charge in [-0.05, 0) is 57.1 Å². The smallest absolute Gasteiger partial charge is 0.127 e. The van der Waals surface area contributed by atoms with Crippen LogP contribution in [0, 0.1) is 0 Å². The van der Waals surface area contributed by atoms with E-state index in [2.05, 4.69) is 54.6 Å². The van der Waals surface area contributed by atoms with Gasteiger partial charge in [-0.15, -0.1) is 0 Å². The normalized spacial score (nSPS) is 12.7. The standard InChI is InChI=1S/C26H26O3/c27-17-21(7-4-2-1-3-5-10-24(28)29)22-15-13-20-12-11-18-8-6-9-19-14-16-23(22)26(20)25(18)19/h6,8-9,11-17,21H,1-5,7,10H2,(H,28,29)/p-1. The first-order chi connectivity index (χ1) is 14.2. The predicted octanol–water partition coefficient (Wildman–Crippen LogP) is 5.35. The van der Waals surface area contributed by atoms with E-state index in [0.29, 0.717) is 6.42 Å². The maximum Gasteiger partial charge on any atom is 0.127 e. The van der Waals surface area contributed by atoms with Gasteiger partial charge in [0.15, 0.2) is 0 Å². The topological polar surface area (TPSA) is 57.2 Å². The molecule has 0 saturated carbocycles. The van der Waals surface area contributed by atoms with Gasteiger partial charge in [-0.1, -0.05) is 80.3 Å². The average Bonchev–Trinajstić information content (AvgIpc) is 2.74. The molecular formula is C26H25O3-. The van der Waals surface area contributed by atoms with Crippen LogP contribution in [0.1, 0.15) is 56.4 Å². The molecule has 1 atom stereocenters. The third-order valence-corrected chi connectivity index (χ3v) is 6.02. The number of carboxylic acid groups (broad SMARTS) is 1. The summed E-state index contributed by atoms with van der Waals surface area (Å²) in [6.07, 6.45) is 6.61. The van der Waals surface area contributed by atoms with Gasteiger partial charge < -0.3 is 14.7 Å². The van der Waals surface area contributed by atoms with Crippen molar-refractivity contribution in [1.82, 2.24) is 0 Å². The zero-order valence-electron chi connectivity index (χ0n) is 16.5. The lowest BCUT2D eigenvalue weighted by Gasteiger charge is -2.17. The molecular weight excluding hydrogens is 360 g/mol. The van der Waals surface area contributed by atoms with Crippen LogP contribution >= 0.6 is 0 Å². The number of benzene rings is 4. The van der Waals surface area contributed by atoms with Crippen LogP contribution in [0.25, 0.3) is 32.3 Å². The Hall–Kier alpha value is -2.94. The summed E-state index contributed by atoms with van der Waals surface area (Å²) in [5, 5.41) is 17.9. The molecule has 0 aromatic heterocycles. The Morgan fingerprint density at radius 3 is 2.14 bits per heavy atom. The maximum absolute atomic E-state index is 11.9. The first-order valence-corrected chi connectivity index (χ1v) is 10.5. The van der Waals surface area contributed by atoms with Crippen molar-refractivity contribution in [3.63, 3.8) is 0 Å². The van der Waals surface area contributed by atoms with E-state index in [9.17, 15) is 14.7 Å². The summed E-state index contributed by atoms with van der Waals surface area (Å²) < 4.78 is 0. The Kier molecular flexibility index (Phi) is 5.75. The summed E-state index contributed by atoms with van der Waals surface area (Å²) in [6.45, 7) is 0. The second-order valence-electron chi connectivity index (χ2n) is 7.93. The Labute approximate surface area is 170 Å². The van der Waals surface area contributed by atoms with Gasteiger partial charge in [0.2, 0.25) is 0 Å².